The van der Waals surface area contributed by atoms with Crippen molar-refractivity contribution >= 4 is 0 Å². The molecule has 0 aromatic rings. The summed E-state index contributed by atoms with van der Waals surface area (Å²) in [6.45, 7) is 9.43. The topological polar surface area (TPSA) is 32.5 Å². The second-order valence-electron chi connectivity index (χ2n) is 5.81. The van der Waals surface area contributed by atoms with Gasteiger partial charge in [-0.05, 0) is 25.2 Å². The Morgan fingerprint density at radius 1 is 1.18 bits per heavy atom. The second-order valence-corrected chi connectivity index (χ2v) is 5.81. The van der Waals surface area contributed by atoms with Crippen LogP contribution in [0.5, 0.6) is 0 Å². The fourth-order valence-electron chi connectivity index (χ4n) is 3.13. The molecule has 1 aliphatic carbocycles. The first kappa shape index (κ1) is 13.3. The third kappa shape index (κ3) is 3.67. The van der Waals surface area contributed by atoms with E-state index in [4.69, 9.17) is 5.73 Å². The van der Waals surface area contributed by atoms with E-state index in [-0.39, 0.29) is 0 Å². The number of hydrogen-bond donors (Lipinski definition) is 1. The standard InChI is InChI=1S/C14H29N3/c1-2-4-14(11-15)17-9-7-16(8-10-17)12-13-5-3-6-13/h13-14H,2-12,15H2,1H3. The van der Waals surface area contributed by atoms with Crippen LogP contribution in [-0.2, 0) is 0 Å². The highest BCUT2D eigenvalue weighted by Gasteiger charge is 2.25. The summed E-state index contributed by atoms with van der Waals surface area (Å²) in [6, 6.07) is 0.630. The zero-order valence-corrected chi connectivity index (χ0v) is 11.4. The minimum atomic E-state index is 0.630. The first-order chi connectivity index (χ1) is 8.33. The summed E-state index contributed by atoms with van der Waals surface area (Å²) in [4.78, 5) is 5.28. The van der Waals surface area contributed by atoms with Gasteiger partial charge in [-0.1, -0.05) is 19.8 Å². The van der Waals surface area contributed by atoms with Gasteiger partial charge >= 0.3 is 0 Å². The smallest absolute Gasteiger partial charge is 0.0219 e. The summed E-state index contributed by atoms with van der Waals surface area (Å²) in [5.74, 6) is 1.02. The van der Waals surface area contributed by atoms with Crippen LogP contribution in [0.15, 0.2) is 0 Å². The van der Waals surface area contributed by atoms with Crippen molar-refractivity contribution in [1.82, 2.24) is 9.80 Å². The third-order valence-corrected chi connectivity index (χ3v) is 4.56. The number of nitrogens with zero attached hydrogens (tertiary/aromatic N) is 2. The molecule has 2 N–H and O–H groups in total. The molecular weight excluding hydrogens is 210 g/mol. The number of rotatable bonds is 6. The van der Waals surface area contributed by atoms with E-state index in [9.17, 15) is 0 Å². The van der Waals surface area contributed by atoms with Crippen LogP contribution in [-0.4, -0.2) is 55.1 Å². The summed E-state index contributed by atoms with van der Waals surface area (Å²) in [6.07, 6.45) is 6.93. The number of piperazine rings is 1. The molecule has 100 valence electrons. The average molecular weight is 239 g/mol. The van der Waals surface area contributed by atoms with Crippen LogP contribution in [0.1, 0.15) is 39.0 Å². The molecule has 1 atom stereocenters. The van der Waals surface area contributed by atoms with Crippen LogP contribution >= 0.6 is 0 Å². The van der Waals surface area contributed by atoms with Gasteiger partial charge in [0.05, 0.1) is 0 Å². The molecule has 2 rings (SSSR count). The maximum atomic E-state index is 5.88. The minimum absolute atomic E-state index is 0.630. The molecule has 17 heavy (non-hydrogen) atoms. The van der Waals surface area contributed by atoms with Gasteiger partial charge in [0.2, 0.25) is 0 Å². The van der Waals surface area contributed by atoms with Crippen LogP contribution in [0.4, 0.5) is 0 Å². The van der Waals surface area contributed by atoms with E-state index in [0.29, 0.717) is 6.04 Å². The second kappa shape index (κ2) is 6.72. The van der Waals surface area contributed by atoms with Gasteiger partial charge in [-0.2, -0.15) is 0 Å². The quantitative estimate of drug-likeness (QED) is 0.763. The first-order valence-corrected chi connectivity index (χ1v) is 7.50. The fraction of sp³-hybridized carbons (Fsp3) is 1.00. The monoisotopic (exact) mass is 239 g/mol. The van der Waals surface area contributed by atoms with E-state index in [0.717, 1.165) is 12.5 Å². The Morgan fingerprint density at radius 3 is 2.35 bits per heavy atom. The largest absolute Gasteiger partial charge is 0.329 e. The molecule has 1 saturated carbocycles. The maximum absolute atomic E-state index is 5.88. The summed E-state index contributed by atoms with van der Waals surface area (Å²) in [7, 11) is 0. The molecule has 1 unspecified atom stereocenters. The van der Waals surface area contributed by atoms with Crippen molar-refractivity contribution in [1.29, 1.82) is 0 Å². The van der Waals surface area contributed by atoms with Crippen molar-refractivity contribution in [2.45, 2.75) is 45.1 Å². The summed E-state index contributed by atoms with van der Waals surface area (Å²) in [5, 5.41) is 0. The third-order valence-electron chi connectivity index (χ3n) is 4.56. The average Bonchev–Trinajstić information content (AvgIpc) is 2.32. The van der Waals surface area contributed by atoms with Crippen LogP contribution in [0.3, 0.4) is 0 Å². The van der Waals surface area contributed by atoms with E-state index in [1.165, 1.54) is 64.8 Å². The first-order valence-electron chi connectivity index (χ1n) is 7.50. The predicted molar refractivity (Wildman–Crippen MR) is 73.1 cm³/mol. The van der Waals surface area contributed by atoms with Gasteiger partial charge in [-0.3, -0.25) is 4.90 Å². The van der Waals surface area contributed by atoms with Crippen LogP contribution in [0, 0.1) is 5.92 Å². The van der Waals surface area contributed by atoms with E-state index >= 15 is 0 Å². The Bertz CT molecular complexity index is 208. The molecule has 3 nitrogen and oxygen atoms in total. The fourth-order valence-corrected chi connectivity index (χ4v) is 3.13. The number of nitrogens with two attached hydrogens (primary N) is 1. The molecule has 0 aromatic carbocycles. The SMILES string of the molecule is CCCC(CN)N1CCN(CC2CCC2)CC1. The Labute approximate surface area is 106 Å². The predicted octanol–water partition coefficient (Wildman–Crippen LogP) is 1.53. The molecular formula is C14H29N3. The maximum Gasteiger partial charge on any atom is 0.0219 e. The van der Waals surface area contributed by atoms with Gasteiger partial charge in [0, 0.05) is 45.3 Å². The molecule has 2 fully saturated rings. The van der Waals surface area contributed by atoms with Crippen molar-refractivity contribution < 1.29 is 0 Å². The Hall–Kier alpha value is -0.120. The lowest BCUT2D eigenvalue weighted by Crippen LogP contribution is -2.53. The summed E-state index contributed by atoms with van der Waals surface area (Å²) >= 11 is 0. The highest BCUT2D eigenvalue weighted by Crippen LogP contribution is 2.27. The van der Waals surface area contributed by atoms with E-state index in [1.807, 2.05) is 0 Å². The molecule has 0 bridgehead atoms. The minimum Gasteiger partial charge on any atom is -0.329 e. The Balaban J connectivity index is 1.68. The van der Waals surface area contributed by atoms with Gasteiger partial charge in [-0.25, -0.2) is 0 Å². The summed E-state index contributed by atoms with van der Waals surface area (Å²) < 4.78 is 0. The van der Waals surface area contributed by atoms with Crippen molar-refractivity contribution in [2.75, 3.05) is 39.3 Å². The van der Waals surface area contributed by atoms with Gasteiger partial charge in [0.1, 0.15) is 0 Å². The van der Waals surface area contributed by atoms with Crippen molar-refractivity contribution in [3.05, 3.63) is 0 Å². The van der Waals surface area contributed by atoms with Crippen molar-refractivity contribution in [2.24, 2.45) is 11.7 Å². The Morgan fingerprint density at radius 2 is 1.88 bits per heavy atom. The highest BCUT2D eigenvalue weighted by molar-refractivity contribution is 4.81. The lowest BCUT2D eigenvalue weighted by molar-refractivity contribution is 0.0739. The molecule has 0 radical (unpaired) electrons. The van der Waals surface area contributed by atoms with Gasteiger partial charge in [0.15, 0.2) is 0 Å². The van der Waals surface area contributed by atoms with Gasteiger partial charge in [0.25, 0.3) is 0 Å². The van der Waals surface area contributed by atoms with Crippen LogP contribution in [0.25, 0.3) is 0 Å². The molecule has 0 amide bonds. The normalized spacial score (nSPS) is 25.8. The number of hydrogen-bond acceptors (Lipinski definition) is 3. The van der Waals surface area contributed by atoms with Gasteiger partial charge in [-0.15, -0.1) is 0 Å². The molecule has 0 spiro atoms. The van der Waals surface area contributed by atoms with E-state index in [2.05, 4.69) is 16.7 Å². The lowest BCUT2D eigenvalue weighted by Gasteiger charge is -2.41. The van der Waals surface area contributed by atoms with E-state index in [1.54, 1.807) is 0 Å². The molecule has 1 aliphatic heterocycles. The zero-order valence-electron chi connectivity index (χ0n) is 11.4. The highest BCUT2D eigenvalue weighted by atomic mass is 15.3. The zero-order chi connectivity index (χ0) is 12.1. The Kier molecular flexibility index (Phi) is 5.26. The van der Waals surface area contributed by atoms with Crippen molar-refractivity contribution in [3.63, 3.8) is 0 Å². The van der Waals surface area contributed by atoms with E-state index < -0.39 is 0 Å². The summed E-state index contributed by atoms with van der Waals surface area (Å²) in [5.41, 5.74) is 5.88. The molecule has 1 heterocycles. The molecule has 0 aromatic heterocycles. The molecule has 2 aliphatic rings. The van der Waals surface area contributed by atoms with Crippen LogP contribution in [0.2, 0.25) is 0 Å². The molecule has 1 saturated heterocycles. The molecule has 3 heteroatoms. The van der Waals surface area contributed by atoms with Gasteiger partial charge < -0.3 is 10.6 Å². The van der Waals surface area contributed by atoms with Crippen LogP contribution < -0.4 is 5.73 Å². The lowest BCUT2D eigenvalue weighted by atomic mass is 9.85. The van der Waals surface area contributed by atoms with Crippen molar-refractivity contribution in [3.8, 4) is 0 Å².